The Morgan fingerprint density at radius 1 is 1.21 bits per heavy atom. The van der Waals surface area contributed by atoms with Gasteiger partial charge in [0.2, 0.25) is 0 Å². The third-order valence-corrected chi connectivity index (χ3v) is 6.15. The molecule has 0 aliphatic heterocycles. The van der Waals surface area contributed by atoms with Crippen LogP contribution in [0.2, 0.25) is 0 Å². The van der Waals surface area contributed by atoms with Crippen molar-refractivity contribution in [2.24, 2.45) is 0 Å². The highest BCUT2D eigenvalue weighted by Gasteiger charge is 2.52. The largest absolute Gasteiger partial charge is 0.442 e. The van der Waals surface area contributed by atoms with Gasteiger partial charge in [0, 0.05) is 11.1 Å². The molecule has 2 aliphatic rings. The molecule has 0 amide bonds. The van der Waals surface area contributed by atoms with Crippen molar-refractivity contribution in [1.82, 2.24) is 15.2 Å². The molecule has 1 spiro atoms. The first-order valence-electron chi connectivity index (χ1n) is 9.44. The van der Waals surface area contributed by atoms with Crippen molar-refractivity contribution in [2.45, 2.75) is 30.7 Å². The number of hydrogen-bond donors (Lipinski definition) is 2. The number of hydrogen-bond acceptors (Lipinski definition) is 5. The van der Waals surface area contributed by atoms with Gasteiger partial charge in [-0.15, -0.1) is 0 Å². The molecule has 6 heteroatoms. The molecule has 0 radical (unpaired) electrons. The van der Waals surface area contributed by atoms with E-state index in [0.29, 0.717) is 5.76 Å². The van der Waals surface area contributed by atoms with Crippen molar-refractivity contribution < 1.29 is 4.42 Å². The van der Waals surface area contributed by atoms with E-state index >= 15 is 0 Å². The van der Waals surface area contributed by atoms with Gasteiger partial charge in [0.1, 0.15) is 5.69 Å². The van der Waals surface area contributed by atoms with E-state index in [9.17, 15) is 5.26 Å². The van der Waals surface area contributed by atoms with Gasteiger partial charge in [0.25, 0.3) is 0 Å². The zero-order chi connectivity index (χ0) is 18.7. The second-order valence-electron chi connectivity index (χ2n) is 7.79. The number of anilines is 1. The van der Waals surface area contributed by atoms with E-state index in [1.807, 2.05) is 12.1 Å². The molecule has 2 heterocycles. The summed E-state index contributed by atoms with van der Waals surface area (Å²) in [4.78, 5) is 3.99. The first-order chi connectivity index (χ1) is 13.8. The molecule has 28 heavy (non-hydrogen) atoms. The molecule has 2 aliphatic carbocycles. The first-order valence-corrected chi connectivity index (χ1v) is 9.44. The van der Waals surface area contributed by atoms with Gasteiger partial charge >= 0.3 is 0 Å². The minimum atomic E-state index is 0.253. The molecule has 1 unspecified atom stereocenters. The predicted octanol–water partition coefficient (Wildman–Crippen LogP) is 4.68. The fraction of sp³-hybridized carbons (Fsp3) is 0.227. The number of nitrogens with zero attached hydrogens (tertiary/aromatic N) is 3. The molecule has 1 saturated carbocycles. The zero-order valence-electron chi connectivity index (χ0n) is 15.1. The number of H-pyrrole nitrogens is 1. The van der Waals surface area contributed by atoms with Gasteiger partial charge in [-0.25, -0.2) is 4.98 Å². The van der Waals surface area contributed by atoms with Gasteiger partial charge in [0.05, 0.1) is 29.4 Å². The molecular formula is C22H17N5O. The van der Waals surface area contributed by atoms with E-state index in [1.165, 1.54) is 30.4 Å². The van der Waals surface area contributed by atoms with Crippen LogP contribution < -0.4 is 5.32 Å². The Hall–Kier alpha value is -3.59. The number of oxazole rings is 1. The SMILES string of the molecule is N#Cc1ccc2c(c1)C1(CC1)CC2Nc1ccc2[nH]nc(-c3cnco3)c2c1. The molecular weight excluding hydrogens is 350 g/mol. The van der Waals surface area contributed by atoms with Crippen molar-refractivity contribution in [2.75, 3.05) is 5.32 Å². The van der Waals surface area contributed by atoms with E-state index in [1.54, 1.807) is 6.20 Å². The summed E-state index contributed by atoms with van der Waals surface area (Å²) in [5.41, 5.74) is 6.47. The Morgan fingerprint density at radius 3 is 2.93 bits per heavy atom. The summed E-state index contributed by atoms with van der Waals surface area (Å²) in [6.45, 7) is 0. The summed E-state index contributed by atoms with van der Waals surface area (Å²) in [5, 5.41) is 21.4. The fourth-order valence-corrected chi connectivity index (χ4v) is 4.58. The molecule has 4 aromatic rings. The summed E-state index contributed by atoms with van der Waals surface area (Å²) in [6, 6.07) is 14.9. The maximum Gasteiger partial charge on any atom is 0.181 e. The van der Waals surface area contributed by atoms with Gasteiger partial charge in [-0.3, -0.25) is 5.10 Å². The lowest BCUT2D eigenvalue weighted by molar-refractivity contribution is 0.570. The van der Waals surface area contributed by atoms with E-state index in [2.05, 4.69) is 50.8 Å². The van der Waals surface area contributed by atoms with Crippen LogP contribution in [-0.4, -0.2) is 15.2 Å². The highest BCUT2D eigenvalue weighted by Crippen LogP contribution is 2.60. The van der Waals surface area contributed by atoms with Gasteiger partial charge in [-0.1, -0.05) is 6.07 Å². The summed E-state index contributed by atoms with van der Waals surface area (Å²) in [5.74, 6) is 0.649. The third-order valence-electron chi connectivity index (χ3n) is 6.15. The fourth-order valence-electron chi connectivity index (χ4n) is 4.58. The third kappa shape index (κ3) is 2.20. The van der Waals surface area contributed by atoms with Gasteiger partial charge < -0.3 is 9.73 Å². The van der Waals surface area contributed by atoms with Crippen LogP contribution >= 0.6 is 0 Å². The van der Waals surface area contributed by atoms with E-state index < -0.39 is 0 Å². The van der Waals surface area contributed by atoms with Crippen LogP contribution in [0.1, 0.15) is 42.0 Å². The number of rotatable bonds is 3. The lowest BCUT2D eigenvalue weighted by Crippen LogP contribution is -2.08. The van der Waals surface area contributed by atoms with Crippen LogP contribution in [0, 0.1) is 11.3 Å². The Bertz CT molecular complexity index is 1240. The Labute approximate surface area is 161 Å². The molecule has 6 nitrogen and oxygen atoms in total. The van der Waals surface area contributed by atoms with Crippen LogP contribution in [-0.2, 0) is 5.41 Å². The smallest absolute Gasteiger partial charge is 0.181 e. The summed E-state index contributed by atoms with van der Waals surface area (Å²) in [7, 11) is 0. The van der Waals surface area contributed by atoms with Crippen molar-refractivity contribution in [3.8, 4) is 17.5 Å². The second-order valence-corrected chi connectivity index (χ2v) is 7.79. The Kier molecular flexibility index (Phi) is 3.01. The molecule has 1 atom stereocenters. The monoisotopic (exact) mass is 367 g/mol. The molecule has 136 valence electrons. The number of benzene rings is 2. The van der Waals surface area contributed by atoms with Crippen LogP contribution in [0.15, 0.2) is 53.4 Å². The maximum absolute atomic E-state index is 9.26. The van der Waals surface area contributed by atoms with Gasteiger partial charge in [-0.05, 0) is 66.1 Å². The quantitative estimate of drug-likeness (QED) is 0.549. The molecule has 2 aromatic carbocycles. The van der Waals surface area contributed by atoms with Crippen molar-refractivity contribution in [1.29, 1.82) is 5.26 Å². The van der Waals surface area contributed by atoms with E-state index in [4.69, 9.17) is 4.42 Å². The lowest BCUT2D eigenvalue weighted by atomic mass is 9.97. The Balaban J connectivity index is 1.37. The summed E-state index contributed by atoms with van der Waals surface area (Å²) >= 11 is 0. The number of aromatic nitrogens is 3. The highest BCUT2D eigenvalue weighted by molar-refractivity contribution is 5.93. The highest BCUT2D eigenvalue weighted by atomic mass is 16.3. The topological polar surface area (TPSA) is 90.5 Å². The molecule has 1 fully saturated rings. The zero-order valence-corrected chi connectivity index (χ0v) is 15.1. The van der Waals surface area contributed by atoms with E-state index in [0.717, 1.165) is 34.3 Å². The van der Waals surface area contributed by atoms with Crippen molar-refractivity contribution in [3.05, 3.63) is 65.7 Å². The Morgan fingerprint density at radius 2 is 2.14 bits per heavy atom. The number of fused-ring (bicyclic) bond motifs is 3. The average molecular weight is 367 g/mol. The van der Waals surface area contributed by atoms with E-state index in [-0.39, 0.29) is 11.5 Å². The van der Waals surface area contributed by atoms with Crippen LogP contribution in [0.3, 0.4) is 0 Å². The number of aromatic amines is 1. The predicted molar refractivity (Wildman–Crippen MR) is 105 cm³/mol. The summed E-state index contributed by atoms with van der Waals surface area (Å²) in [6.07, 6.45) is 6.59. The minimum absolute atomic E-state index is 0.253. The minimum Gasteiger partial charge on any atom is -0.442 e. The average Bonchev–Trinajstić information content (AvgIpc) is 3.07. The van der Waals surface area contributed by atoms with Crippen LogP contribution in [0.5, 0.6) is 0 Å². The maximum atomic E-state index is 9.26. The second kappa shape index (κ2) is 5.46. The molecule has 2 N–H and O–H groups in total. The number of nitriles is 1. The molecule has 0 saturated heterocycles. The molecule has 0 bridgehead atoms. The van der Waals surface area contributed by atoms with Crippen molar-refractivity contribution in [3.63, 3.8) is 0 Å². The normalized spacial score (nSPS) is 18.9. The lowest BCUT2D eigenvalue weighted by Gasteiger charge is -2.16. The first kappa shape index (κ1) is 15.5. The molecule has 2 aromatic heterocycles. The van der Waals surface area contributed by atoms with Crippen LogP contribution in [0.25, 0.3) is 22.4 Å². The van der Waals surface area contributed by atoms with Gasteiger partial charge in [0.15, 0.2) is 12.2 Å². The van der Waals surface area contributed by atoms with Crippen molar-refractivity contribution >= 4 is 16.6 Å². The molecule has 6 rings (SSSR count). The van der Waals surface area contributed by atoms with Crippen LogP contribution in [0.4, 0.5) is 5.69 Å². The van der Waals surface area contributed by atoms with Gasteiger partial charge in [-0.2, -0.15) is 10.4 Å². The summed E-state index contributed by atoms with van der Waals surface area (Å²) < 4.78 is 5.42. The number of nitrogens with one attached hydrogen (secondary N) is 2. The standard InChI is InChI=1S/C22H17N5O/c23-10-13-1-3-15-17(7-13)22(5-6-22)9-19(15)25-14-2-4-18-16(8-14)21(27-26-18)20-11-24-12-28-20/h1-4,7-8,11-12,19,25H,5-6,9H2,(H,26,27).